The number of hydrogen-bond acceptors (Lipinski definition) is 4. The summed E-state index contributed by atoms with van der Waals surface area (Å²) in [5.41, 5.74) is 3.33. The zero-order valence-electron chi connectivity index (χ0n) is 16.8. The average molecular weight is 399 g/mol. The number of carbonyl (C=O) groups is 2. The molecule has 0 bridgehead atoms. The van der Waals surface area contributed by atoms with Gasteiger partial charge in [-0.1, -0.05) is 42.5 Å². The summed E-state index contributed by atoms with van der Waals surface area (Å²) >= 11 is 0. The van der Waals surface area contributed by atoms with Crippen LogP contribution < -0.4 is 0 Å². The summed E-state index contributed by atoms with van der Waals surface area (Å²) in [5.74, 6) is 0.639. The lowest BCUT2D eigenvalue weighted by molar-refractivity contribution is 0.0754. The minimum absolute atomic E-state index is 0.00840. The highest BCUT2D eigenvalue weighted by Gasteiger charge is 2.18. The number of amides is 1. The van der Waals surface area contributed by atoms with Gasteiger partial charge >= 0.3 is 0 Å². The van der Waals surface area contributed by atoms with Crippen LogP contribution in [0.25, 0.3) is 17.0 Å². The van der Waals surface area contributed by atoms with Crippen LogP contribution in [0.2, 0.25) is 0 Å². The van der Waals surface area contributed by atoms with Gasteiger partial charge in [0.2, 0.25) is 0 Å². The summed E-state index contributed by atoms with van der Waals surface area (Å²) in [5, 5.41) is 4.37. The SMILES string of the molecule is CC(=O)c1ccc(-c2ccc(C(=O)N(C)Cc3cnn(-c4ccccc4)c3)o2)cc1. The number of para-hydroxylation sites is 1. The molecule has 4 rings (SSSR count). The van der Waals surface area contributed by atoms with Crippen LogP contribution in [0.3, 0.4) is 0 Å². The van der Waals surface area contributed by atoms with Gasteiger partial charge in [-0.25, -0.2) is 4.68 Å². The van der Waals surface area contributed by atoms with Gasteiger partial charge < -0.3 is 9.32 Å². The molecular formula is C24H21N3O3. The van der Waals surface area contributed by atoms with Gasteiger partial charge in [0.15, 0.2) is 11.5 Å². The molecule has 0 radical (unpaired) electrons. The normalized spacial score (nSPS) is 10.7. The van der Waals surface area contributed by atoms with Crippen LogP contribution >= 0.6 is 0 Å². The fourth-order valence-electron chi connectivity index (χ4n) is 3.17. The maximum Gasteiger partial charge on any atom is 0.289 e. The minimum Gasteiger partial charge on any atom is -0.451 e. The molecule has 150 valence electrons. The predicted octanol–water partition coefficient (Wildman–Crippen LogP) is 4.61. The zero-order valence-corrected chi connectivity index (χ0v) is 16.8. The molecule has 30 heavy (non-hydrogen) atoms. The van der Waals surface area contributed by atoms with Crippen LogP contribution in [0.1, 0.15) is 33.4 Å². The molecule has 0 aliphatic heterocycles. The molecule has 0 aliphatic rings. The molecule has 0 saturated heterocycles. The Labute approximate surface area is 174 Å². The third-order valence-electron chi connectivity index (χ3n) is 4.82. The smallest absolute Gasteiger partial charge is 0.289 e. The molecule has 1 amide bonds. The number of Topliss-reactive ketones (excluding diaryl/α,β-unsaturated/α-hetero) is 1. The lowest BCUT2D eigenvalue weighted by atomic mass is 10.1. The lowest BCUT2D eigenvalue weighted by Crippen LogP contribution is -2.25. The fourth-order valence-corrected chi connectivity index (χ4v) is 3.17. The van der Waals surface area contributed by atoms with E-state index in [-0.39, 0.29) is 17.5 Å². The molecular weight excluding hydrogens is 378 g/mol. The van der Waals surface area contributed by atoms with E-state index in [0.717, 1.165) is 16.8 Å². The van der Waals surface area contributed by atoms with Crippen LogP contribution in [0.4, 0.5) is 0 Å². The summed E-state index contributed by atoms with van der Waals surface area (Å²) in [6.07, 6.45) is 3.66. The van der Waals surface area contributed by atoms with E-state index in [1.165, 1.54) is 6.92 Å². The van der Waals surface area contributed by atoms with E-state index in [0.29, 0.717) is 17.9 Å². The predicted molar refractivity (Wildman–Crippen MR) is 114 cm³/mol. The average Bonchev–Trinajstić information content (AvgIpc) is 3.44. The second-order valence-corrected chi connectivity index (χ2v) is 7.09. The maximum atomic E-state index is 12.8. The summed E-state index contributed by atoms with van der Waals surface area (Å²) in [6.45, 7) is 1.94. The fraction of sp³-hybridized carbons (Fsp3) is 0.125. The molecule has 0 spiro atoms. The maximum absolute atomic E-state index is 12.8. The van der Waals surface area contributed by atoms with Crippen molar-refractivity contribution < 1.29 is 14.0 Å². The van der Waals surface area contributed by atoms with Crippen LogP contribution in [-0.4, -0.2) is 33.4 Å². The van der Waals surface area contributed by atoms with Gasteiger partial charge in [0.05, 0.1) is 11.9 Å². The van der Waals surface area contributed by atoms with E-state index >= 15 is 0 Å². The highest BCUT2D eigenvalue weighted by molar-refractivity contribution is 5.94. The molecule has 2 aromatic carbocycles. The summed E-state index contributed by atoms with van der Waals surface area (Å²) in [4.78, 5) is 25.8. The third kappa shape index (κ3) is 4.07. The van der Waals surface area contributed by atoms with Crippen LogP contribution in [0.5, 0.6) is 0 Å². The number of nitrogens with zero attached hydrogens (tertiary/aromatic N) is 3. The Bertz CT molecular complexity index is 1170. The van der Waals surface area contributed by atoms with E-state index in [4.69, 9.17) is 4.42 Å². The van der Waals surface area contributed by atoms with Crippen molar-refractivity contribution in [3.63, 3.8) is 0 Å². The Kier molecular flexibility index (Phi) is 5.30. The number of hydrogen-bond donors (Lipinski definition) is 0. The van der Waals surface area contributed by atoms with Crippen molar-refractivity contribution in [2.45, 2.75) is 13.5 Å². The van der Waals surface area contributed by atoms with E-state index in [1.54, 1.807) is 47.1 Å². The molecule has 0 N–H and O–H groups in total. The summed E-state index contributed by atoms with van der Waals surface area (Å²) in [7, 11) is 1.73. The first kappa shape index (κ1) is 19.4. The van der Waals surface area contributed by atoms with E-state index in [1.807, 2.05) is 48.7 Å². The second kappa shape index (κ2) is 8.21. The number of aromatic nitrogens is 2. The Morgan fingerprint density at radius 3 is 2.43 bits per heavy atom. The highest BCUT2D eigenvalue weighted by Crippen LogP contribution is 2.23. The lowest BCUT2D eigenvalue weighted by Gasteiger charge is -2.14. The monoisotopic (exact) mass is 399 g/mol. The molecule has 0 saturated carbocycles. The largest absolute Gasteiger partial charge is 0.451 e. The molecule has 0 aliphatic carbocycles. The van der Waals surface area contributed by atoms with Gasteiger partial charge in [-0.15, -0.1) is 0 Å². The van der Waals surface area contributed by atoms with Crippen LogP contribution in [-0.2, 0) is 6.54 Å². The first-order chi connectivity index (χ1) is 14.5. The quantitative estimate of drug-likeness (QED) is 0.444. The van der Waals surface area contributed by atoms with E-state index < -0.39 is 0 Å². The first-order valence-corrected chi connectivity index (χ1v) is 9.57. The van der Waals surface area contributed by atoms with Gasteiger partial charge in [-0.05, 0) is 31.2 Å². The van der Waals surface area contributed by atoms with Crippen LogP contribution in [0.15, 0.2) is 83.5 Å². The van der Waals surface area contributed by atoms with Crippen molar-refractivity contribution in [1.29, 1.82) is 0 Å². The highest BCUT2D eigenvalue weighted by atomic mass is 16.4. The van der Waals surface area contributed by atoms with Gasteiger partial charge in [0.1, 0.15) is 5.76 Å². The molecule has 0 unspecified atom stereocenters. The van der Waals surface area contributed by atoms with Crippen molar-refractivity contribution in [3.05, 3.63) is 96.0 Å². The Morgan fingerprint density at radius 2 is 1.73 bits per heavy atom. The molecule has 2 heterocycles. The second-order valence-electron chi connectivity index (χ2n) is 7.09. The third-order valence-corrected chi connectivity index (χ3v) is 4.82. The van der Waals surface area contributed by atoms with Gasteiger partial charge in [-0.3, -0.25) is 9.59 Å². The van der Waals surface area contributed by atoms with Crippen molar-refractivity contribution in [3.8, 4) is 17.0 Å². The van der Waals surface area contributed by atoms with Crippen molar-refractivity contribution in [2.75, 3.05) is 7.05 Å². The topological polar surface area (TPSA) is 68.3 Å². The number of ketones is 1. The molecule has 0 fully saturated rings. The molecule has 0 atom stereocenters. The molecule has 4 aromatic rings. The van der Waals surface area contributed by atoms with Crippen molar-refractivity contribution in [1.82, 2.24) is 14.7 Å². The molecule has 2 aromatic heterocycles. The summed E-state index contributed by atoms with van der Waals surface area (Å²) in [6, 6.07) is 20.3. The Hall–Kier alpha value is -3.93. The minimum atomic E-state index is -0.214. The zero-order chi connectivity index (χ0) is 21.1. The standard InChI is InChI=1S/C24H21N3O3/c1-17(28)19-8-10-20(11-9-19)22-12-13-23(30-22)24(29)26(2)15-18-14-25-27(16-18)21-6-4-3-5-7-21/h3-14,16H,15H2,1-2H3. The number of carbonyl (C=O) groups excluding carboxylic acids is 2. The van der Waals surface area contributed by atoms with Crippen molar-refractivity contribution >= 4 is 11.7 Å². The first-order valence-electron chi connectivity index (χ1n) is 9.57. The number of rotatable bonds is 6. The van der Waals surface area contributed by atoms with Gasteiger partial charge in [0.25, 0.3) is 5.91 Å². The van der Waals surface area contributed by atoms with E-state index in [2.05, 4.69) is 5.10 Å². The van der Waals surface area contributed by atoms with Gasteiger partial charge in [0, 0.05) is 36.5 Å². The Balaban J connectivity index is 1.45. The van der Waals surface area contributed by atoms with Gasteiger partial charge in [-0.2, -0.15) is 5.10 Å². The van der Waals surface area contributed by atoms with Crippen molar-refractivity contribution in [2.24, 2.45) is 0 Å². The molecule has 6 heteroatoms. The Morgan fingerprint density at radius 1 is 1.00 bits per heavy atom. The summed E-state index contributed by atoms with van der Waals surface area (Å²) < 4.78 is 7.55. The molecule has 6 nitrogen and oxygen atoms in total. The van der Waals surface area contributed by atoms with Crippen LogP contribution in [0, 0.1) is 0 Å². The van der Waals surface area contributed by atoms with E-state index in [9.17, 15) is 9.59 Å². The number of furan rings is 1. The number of benzene rings is 2.